The molecule has 0 fully saturated rings. The van der Waals surface area contributed by atoms with Gasteiger partial charge in [0.1, 0.15) is 6.61 Å². The van der Waals surface area contributed by atoms with Crippen molar-refractivity contribution in [3.05, 3.63) is 0 Å². The lowest BCUT2D eigenvalue weighted by Crippen LogP contribution is -2.27. The molecule has 0 aromatic rings. The van der Waals surface area contributed by atoms with E-state index in [0.717, 1.165) is 0 Å². The number of hydrogen-bond acceptors (Lipinski definition) is 5. The molecule has 0 atom stereocenters. The van der Waals surface area contributed by atoms with Gasteiger partial charge in [-0.3, -0.25) is 9.35 Å². The van der Waals surface area contributed by atoms with Gasteiger partial charge in [-0.1, -0.05) is 6.92 Å². The van der Waals surface area contributed by atoms with E-state index in [4.69, 9.17) is 9.29 Å². The molecule has 96 valence electrons. The lowest BCUT2D eigenvalue weighted by molar-refractivity contribution is -0.155. The van der Waals surface area contributed by atoms with Gasteiger partial charge >= 0.3 is 5.97 Å². The molecule has 0 saturated carbocycles. The first-order chi connectivity index (χ1) is 7.19. The average molecular weight is 254 g/mol. The maximum absolute atomic E-state index is 11.4. The quantitative estimate of drug-likeness (QED) is 0.411. The Balaban J connectivity index is 3.72. The third kappa shape index (κ3) is 6.76. The van der Waals surface area contributed by atoms with Crippen LogP contribution in [0.25, 0.3) is 0 Å². The molecule has 0 spiro atoms. The largest absolute Gasteiger partial charge is 0.463 e. The number of esters is 1. The van der Waals surface area contributed by atoms with Crippen LogP contribution in [0.3, 0.4) is 0 Å². The van der Waals surface area contributed by atoms with E-state index in [2.05, 4.69) is 4.74 Å². The second-order valence-corrected chi connectivity index (χ2v) is 5.38. The molecule has 1 N–H and O–H groups in total. The van der Waals surface area contributed by atoms with E-state index in [1.807, 2.05) is 6.92 Å². The Kier molecular flexibility index (Phi) is 5.91. The Hall–Kier alpha value is -0.660. The minimum Gasteiger partial charge on any atom is -0.463 e. The van der Waals surface area contributed by atoms with Gasteiger partial charge in [-0.15, -0.1) is 0 Å². The number of carbonyl (C=O) groups excluding carboxylic acids is 1. The highest BCUT2D eigenvalue weighted by Crippen LogP contribution is 2.21. The van der Waals surface area contributed by atoms with Gasteiger partial charge < -0.3 is 9.47 Å². The number of hydrogen-bond donors (Lipinski definition) is 1. The van der Waals surface area contributed by atoms with Crippen LogP contribution in [0.5, 0.6) is 0 Å². The van der Waals surface area contributed by atoms with E-state index in [-0.39, 0.29) is 19.2 Å². The summed E-state index contributed by atoms with van der Waals surface area (Å²) < 4.78 is 38.3. The van der Waals surface area contributed by atoms with Crippen LogP contribution in [0, 0.1) is 5.41 Å². The molecule has 0 saturated heterocycles. The Morgan fingerprint density at radius 1 is 1.31 bits per heavy atom. The van der Waals surface area contributed by atoms with Gasteiger partial charge in [0.15, 0.2) is 5.94 Å². The topological polar surface area (TPSA) is 89.9 Å². The van der Waals surface area contributed by atoms with E-state index in [1.54, 1.807) is 13.8 Å². The van der Waals surface area contributed by atoms with Gasteiger partial charge in [0.05, 0.1) is 12.0 Å². The first-order valence-corrected chi connectivity index (χ1v) is 6.50. The molecule has 0 rings (SSSR count). The zero-order valence-electron chi connectivity index (χ0n) is 9.73. The van der Waals surface area contributed by atoms with Crippen LogP contribution < -0.4 is 0 Å². The highest BCUT2D eigenvalue weighted by atomic mass is 32.2. The lowest BCUT2D eigenvalue weighted by Gasteiger charge is -2.20. The molecular formula is C9H18O6S. The Morgan fingerprint density at radius 3 is 2.31 bits per heavy atom. The van der Waals surface area contributed by atoms with Crippen LogP contribution in [-0.4, -0.2) is 38.1 Å². The molecule has 0 aliphatic rings. The van der Waals surface area contributed by atoms with E-state index in [0.29, 0.717) is 6.42 Å². The van der Waals surface area contributed by atoms with E-state index < -0.39 is 21.5 Å². The van der Waals surface area contributed by atoms with Crippen LogP contribution in [0.2, 0.25) is 0 Å². The molecular weight excluding hydrogens is 236 g/mol. The first-order valence-electron chi connectivity index (χ1n) is 4.89. The average Bonchev–Trinajstić information content (AvgIpc) is 2.15. The van der Waals surface area contributed by atoms with Crippen molar-refractivity contribution in [1.82, 2.24) is 0 Å². The fourth-order valence-corrected chi connectivity index (χ4v) is 1.03. The minimum atomic E-state index is -4.12. The van der Waals surface area contributed by atoms with Gasteiger partial charge in [-0.2, -0.15) is 8.42 Å². The zero-order valence-corrected chi connectivity index (χ0v) is 10.5. The number of rotatable bonds is 7. The zero-order chi connectivity index (χ0) is 12.8. The predicted molar refractivity (Wildman–Crippen MR) is 57.4 cm³/mol. The Bertz CT molecular complexity index is 319. The van der Waals surface area contributed by atoms with Crippen molar-refractivity contribution in [2.24, 2.45) is 5.41 Å². The first kappa shape index (κ1) is 15.3. The summed E-state index contributed by atoms with van der Waals surface area (Å²) in [4.78, 5) is 11.4. The van der Waals surface area contributed by atoms with Crippen molar-refractivity contribution in [3.63, 3.8) is 0 Å². The molecule has 0 radical (unpaired) electrons. The fraction of sp³-hybridized carbons (Fsp3) is 0.889. The van der Waals surface area contributed by atoms with E-state index >= 15 is 0 Å². The summed E-state index contributed by atoms with van der Waals surface area (Å²) >= 11 is 0. The molecule has 7 heteroatoms. The molecule has 0 heterocycles. The van der Waals surface area contributed by atoms with Crippen molar-refractivity contribution >= 4 is 16.1 Å². The summed E-state index contributed by atoms with van der Waals surface area (Å²) in [6, 6.07) is 0. The van der Waals surface area contributed by atoms with Gasteiger partial charge in [0, 0.05) is 0 Å². The summed E-state index contributed by atoms with van der Waals surface area (Å²) in [5.41, 5.74) is -0.553. The number of carbonyl (C=O) groups is 1. The van der Waals surface area contributed by atoms with E-state index in [1.165, 1.54) is 0 Å². The molecule has 16 heavy (non-hydrogen) atoms. The molecule has 0 aliphatic heterocycles. The van der Waals surface area contributed by atoms with Crippen LogP contribution in [0.15, 0.2) is 0 Å². The van der Waals surface area contributed by atoms with Crippen LogP contribution >= 0.6 is 0 Å². The summed E-state index contributed by atoms with van der Waals surface area (Å²) in [6.45, 7) is 5.29. The van der Waals surface area contributed by atoms with E-state index in [9.17, 15) is 13.2 Å². The molecule has 6 nitrogen and oxygen atoms in total. The molecule has 0 aromatic heterocycles. The maximum atomic E-state index is 11.4. The molecule has 0 aromatic carbocycles. The molecule has 0 bridgehead atoms. The summed E-state index contributed by atoms with van der Waals surface area (Å²) in [6.07, 6.45) is 0.651. The Labute approximate surface area is 95.7 Å². The fourth-order valence-electron chi connectivity index (χ4n) is 0.697. The van der Waals surface area contributed by atoms with Crippen LogP contribution in [0.1, 0.15) is 27.2 Å². The molecule has 0 unspecified atom stereocenters. The minimum absolute atomic E-state index is 0.0300. The molecule has 0 aliphatic carbocycles. The summed E-state index contributed by atoms with van der Waals surface area (Å²) in [5.74, 6) is -1.15. The number of ether oxygens (including phenoxy) is 2. The smallest absolute Gasteiger partial charge is 0.311 e. The lowest BCUT2D eigenvalue weighted by atomic mass is 9.91. The van der Waals surface area contributed by atoms with Crippen molar-refractivity contribution in [3.8, 4) is 0 Å². The molecule has 0 amide bonds. The standard InChI is InChI=1S/C9H18O6S/c1-4-9(2,3)8(10)15-6-5-14-7-16(11,12)13/h4-7H2,1-3H3,(H,11,12,13). The van der Waals surface area contributed by atoms with Crippen LogP contribution in [-0.2, 0) is 24.4 Å². The predicted octanol–water partition coefficient (Wildman–Crippen LogP) is 0.828. The normalized spacial score (nSPS) is 12.5. The van der Waals surface area contributed by atoms with Gasteiger partial charge in [-0.05, 0) is 20.3 Å². The highest BCUT2D eigenvalue weighted by molar-refractivity contribution is 7.85. The van der Waals surface area contributed by atoms with Gasteiger partial charge in [0.25, 0.3) is 10.1 Å². The second-order valence-electron chi connectivity index (χ2n) is 3.98. The third-order valence-electron chi connectivity index (χ3n) is 2.13. The van der Waals surface area contributed by atoms with Crippen molar-refractivity contribution in [2.45, 2.75) is 27.2 Å². The maximum Gasteiger partial charge on any atom is 0.311 e. The van der Waals surface area contributed by atoms with Crippen LogP contribution in [0.4, 0.5) is 0 Å². The third-order valence-corrected chi connectivity index (χ3v) is 2.59. The second kappa shape index (κ2) is 6.17. The summed E-state index contributed by atoms with van der Waals surface area (Å²) in [7, 11) is -4.12. The van der Waals surface area contributed by atoms with Gasteiger partial charge in [-0.25, -0.2) is 0 Å². The highest BCUT2D eigenvalue weighted by Gasteiger charge is 2.26. The summed E-state index contributed by atoms with van der Waals surface area (Å²) in [5, 5.41) is 0. The van der Waals surface area contributed by atoms with Crippen molar-refractivity contribution < 1.29 is 27.2 Å². The monoisotopic (exact) mass is 254 g/mol. The van der Waals surface area contributed by atoms with Crippen molar-refractivity contribution in [2.75, 3.05) is 19.2 Å². The van der Waals surface area contributed by atoms with Gasteiger partial charge in [0.2, 0.25) is 0 Å². The van der Waals surface area contributed by atoms with Crippen molar-refractivity contribution in [1.29, 1.82) is 0 Å². The SMILES string of the molecule is CCC(C)(C)C(=O)OCCOCS(=O)(=O)O. The Morgan fingerprint density at radius 2 is 1.88 bits per heavy atom.